The predicted molar refractivity (Wildman–Crippen MR) is 115 cm³/mol. The Bertz CT molecular complexity index is 659. The van der Waals surface area contributed by atoms with Crippen LogP contribution in [0.5, 0.6) is 0 Å². The minimum atomic E-state index is 0. The molecule has 5 nitrogen and oxygen atoms in total. The number of nitrogens with one attached hydrogen (secondary N) is 1. The van der Waals surface area contributed by atoms with Gasteiger partial charge in [-0.25, -0.2) is 4.99 Å². The first-order chi connectivity index (χ1) is 11.6. The fraction of sp³-hybridized carbons (Fsp3) is 0.333. The molecule has 7 heteroatoms. The summed E-state index contributed by atoms with van der Waals surface area (Å²) in [5, 5.41) is 7.36. The van der Waals surface area contributed by atoms with Gasteiger partial charge < -0.3 is 15.1 Å². The molecule has 25 heavy (non-hydrogen) atoms. The zero-order valence-electron chi connectivity index (χ0n) is 14.8. The van der Waals surface area contributed by atoms with E-state index < -0.39 is 0 Å². The number of halogens is 1. The van der Waals surface area contributed by atoms with Gasteiger partial charge in [0.2, 0.25) is 5.91 Å². The van der Waals surface area contributed by atoms with Crippen LogP contribution in [0, 0.1) is 0 Å². The van der Waals surface area contributed by atoms with Gasteiger partial charge in [0.1, 0.15) is 0 Å². The topological polar surface area (TPSA) is 47.9 Å². The Morgan fingerprint density at radius 1 is 1.12 bits per heavy atom. The third kappa shape index (κ3) is 7.43. The van der Waals surface area contributed by atoms with Crippen LogP contribution >= 0.6 is 35.3 Å². The van der Waals surface area contributed by atoms with E-state index in [1.807, 2.05) is 42.3 Å². The van der Waals surface area contributed by atoms with E-state index in [0.717, 1.165) is 18.1 Å². The first kappa shape index (κ1) is 21.4. The minimum Gasteiger partial charge on any atom is -0.347 e. The molecule has 0 saturated carbocycles. The molecule has 0 aliphatic carbocycles. The number of carbonyl (C=O) groups excluding carboxylic acids is 1. The largest absolute Gasteiger partial charge is 0.347 e. The van der Waals surface area contributed by atoms with Crippen LogP contribution in [0.2, 0.25) is 0 Å². The van der Waals surface area contributed by atoms with Crippen LogP contribution in [0.4, 0.5) is 0 Å². The summed E-state index contributed by atoms with van der Waals surface area (Å²) in [7, 11) is 5.48. The lowest BCUT2D eigenvalue weighted by molar-refractivity contribution is -0.127. The normalized spacial score (nSPS) is 10.8. The highest BCUT2D eigenvalue weighted by Crippen LogP contribution is 2.09. The Hall–Kier alpha value is -1.61. The summed E-state index contributed by atoms with van der Waals surface area (Å²) in [6, 6.07) is 12.2. The van der Waals surface area contributed by atoms with Gasteiger partial charge >= 0.3 is 0 Å². The monoisotopic (exact) mass is 472 g/mol. The van der Waals surface area contributed by atoms with Crippen molar-refractivity contribution in [3.63, 3.8) is 0 Å². The summed E-state index contributed by atoms with van der Waals surface area (Å²) in [4.78, 5) is 20.1. The number of benzene rings is 1. The van der Waals surface area contributed by atoms with E-state index in [1.165, 1.54) is 5.56 Å². The predicted octanol–water partition coefficient (Wildman–Crippen LogP) is 3.03. The Morgan fingerprint density at radius 2 is 1.84 bits per heavy atom. The fourth-order valence-electron chi connectivity index (χ4n) is 2.11. The lowest BCUT2D eigenvalue weighted by atomic mass is 10.2. The van der Waals surface area contributed by atoms with E-state index >= 15 is 0 Å². The highest BCUT2D eigenvalue weighted by atomic mass is 127. The van der Waals surface area contributed by atoms with Crippen molar-refractivity contribution < 1.29 is 4.79 Å². The maximum atomic E-state index is 11.9. The Kier molecular flexibility index (Phi) is 9.51. The molecule has 2 aromatic rings. The molecule has 0 radical (unpaired) electrons. The minimum absolute atomic E-state index is 0. The fourth-order valence-corrected chi connectivity index (χ4v) is 2.77. The van der Waals surface area contributed by atoms with Gasteiger partial charge in [0.15, 0.2) is 5.96 Å². The van der Waals surface area contributed by atoms with Gasteiger partial charge in [-0.05, 0) is 28.0 Å². The molecule has 1 N–H and O–H groups in total. The van der Waals surface area contributed by atoms with Crippen LogP contribution in [-0.4, -0.2) is 49.4 Å². The molecule has 0 aliphatic rings. The Morgan fingerprint density at radius 3 is 2.44 bits per heavy atom. The Balaban J connectivity index is 0.00000312. The molecule has 1 amide bonds. The van der Waals surface area contributed by atoms with Gasteiger partial charge in [-0.1, -0.05) is 30.3 Å². The van der Waals surface area contributed by atoms with Crippen molar-refractivity contribution >= 4 is 47.2 Å². The number of likely N-dealkylation sites (N-methyl/N-ethyl adjacent to an activating group) is 1. The standard InChI is InChI=1S/C18H24N4OS.HI/c1-21(2)17(23)12-20-18(19-11-15-7-5-4-6-8-15)22(3)13-16-9-10-24-14-16;/h4-10,14H,11-13H2,1-3H3,(H,19,20);1H. The van der Waals surface area contributed by atoms with Crippen molar-refractivity contribution in [2.24, 2.45) is 4.99 Å². The summed E-state index contributed by atoms with van der Waals surface area (Å²) in [5.41, 5.74) is 2.37. The molecular formula is C18H25IN4OS. The van der Waals surface area contributed by atoms with Crippen molar-refractivity contribution in [3.05, 3.63) is 58.3 Å². The first-order valence-electron chi connectivity index (χ1n) is 7.81. The maximum absolute atomic E-state index is 11.9. The van der Waals surface area contributed by atoms with Crippen LogP contribution in [0.25, 0.3) is 0 Å². The second kappa shape index (κ2) is 11.1. The molecule has 0 aliphatic heterocycles. The van der Waals surface area contributed by atoms with Crippen LogP contribution < -0.4 is 5.32 Å². The molecule has 0 fully saturated rings. The van der Waals surface area contributed by atoms with Crippen LogP contribution in [0.15, 0.2) is 52.2 Å². The van der Waals surface area contributed by atoms with E-state index in [4.69, 9.17) is 0 Å². The molecule has 0 atom stereocenters. The van der Waals surface area contributed by atoms with Crippen molar-refractivity contribution in [2.75, 3.05) is 27.7 Å². The molecular weight excluding hydrogens is 447 g/mol. The zero-order valence-corrected chi connectivity index (χ0v) is 18.0. The third-order valence-electron chi connectivity index (χ3n) is 3.51. The highest BCUT2D eigenvalue weighted by Gasteiger charge is 2.10. The van der Waals surface area contributed by atoms with E-state index in [2.05, 4.69) is 27.1 Å². The smallest absolute Gasteiger partial charge is 0.241 e. The number of guanidine groups is 1. The molecule has 0 saturated heterocycles. The number of rotatable bonds is 6. The molecule has 1 aromatic carbocycles. The van der Waals surface area contributed by atoms with Crippen molar-refractivity contribution in [3.8, 4) is 0 Å². The average Bonchev–Trinajstić information content (AvgIpc) is 3.08. The van der Waals surface area contributed by atoms with E-state index in [1.54, 1.807) is 30.3 Å². The molecule has 0 bridgehead atoms. The zero-order chi connectivity index (χ0) is 17.4. The number of hydrogen-bond donors (Lipinski definition) is 1. The third-order valence-corrected chi connectivity index (χ3v) is 4.24. The van der Waals surface area contributed by atoms with Crippen LogP contribution in [0.3, 0.4) is 0 Å². The molecule has 0 unspecified atom stereocenters. The van der Waals surface area contributed by atoms with Gasteiger partial charge in [-0.2, -0.15) is 11.3 Å². The number of aliphatic imine (C=N–C) groups is 1. The van der Waals surface area contributed by atoms with Gasteiger partial charge in [0.25, 0.3) is 0 Å². The second-order valence-electron chi connectivity index (χ2n) is 5.75. The lowest BCUT2D eigenvalue weighted by Crippen LogP contribution is -2.43. The Labute approximate surface area is 170 Å². The number of nitrogens with zero attached hydrogens (tertiary/aromatic N) is 3. The molecule has 2 rings (SSSR count). The molecule has 0 spiro atoms. The highest BCUT2D eigenvalue weighted by molar-refractivity contribution is 14.0. The average molecular weight is 472 g/mol. The first-order valence-corrected chi connectivity index (χ1v) is 8.75. The van der Waals surface area contributed by atoms with Crippen LogP contribution in [0.1, 0.15) is 11.1 Å². The van der Waals surface area contributed by atoms with Gasteiger partial charge in [0, 0.05) is 27.7 Å². The van der Waals surface area contributed by atoms with Crippen LogP contribution in [-0.2, 0) is 17.9 Å². The number of thiophene rings is 1. The maximum Gasteiger partial charge on any atom is 0.241 e. The van der Waals surface area contributed by atoms with E-state index in [-0.39, 0.29) is 36.4 Å². The van der Waals surface area contributed by atoms with Gasteiger partial charge in [-0.15, -0.1) is 24.0 Å². The molecule has 1 aromatic heterocycles. The van der Waals surface area contributed by atoms with E-state index in [0.29, 0.717) is 6.54 Å². The number of carbonyl (C=O) groups is 1. The van der Waals surface area contributed by atoms with Crippen molar-refractivity contribution in [1.82, 2.24) is 15.1 Å². The summed E-state index contributed by atoms with van der Waals surface area (Å²) >= 11 is 1.68. The van der Waals surface area contributed by atoms with Gasteiger partial charge in [0.05, 0.1) is 13.1 Å². The summed E-state index contributed by atoms with van der Waals surface area (Å²) in [5.74, 6) is 0.742. The SMILES string of the molecule is CN(C)C(=O)CNC(=NCc1ccccc1)N(C)Cc1ccsc1.I. The van der Waals surface area contributed by atoms with Gasteiger partial charge in [-0.3, -0.25) is 4.79 Å². The molecule has 136 valence electrons. The summed E-state index contributed by atoms with van der Waals surface area (Å²) < 4.78 is 0. The second-order valence-corrected chi connectivity index (χ2v) is 6.53. The lowest BCUT2D eigenvalue weighted by Gasteiger charge is -2.22. The van der Waals surface area contributed by atoms with Crippen molar-refractivity contribution in [1.29, 1.82) is 0 Å². The van der Waals surface area contributed by atoms with E-state index in [9.17, 15) is 4.79 Å². The quantitative estimate of drug-likeness (QED) is 0.400. The number of amides is 1. The summed E-state index contributed by atoms with van der Waals surface area (Å²) in [6.07, 6.45) is 0. The molecule has 1 heterocycles. The summed E-state index contributed by atoms with van der Waals surface area (Å²) in [6.45, 7) is 1.56. The number of hydrogen-bond acceptors (Lipinski definition) is 3. The van der Waals surface area contributed by atoms with Crippen molar-refractivity contribution in [2.45, 2.75) is 13.1 Å².